The van der Waals surface area contributed by atoms with Gasteiger partial charge < -0.3 is 23.8 Å². The summed E-state index contributed by atoms with van der Waals surface area (Å²) in [5.41, 5.74) is 1.97. The van der Waals surface area contributed by atoms with E-state index in [1.807, 2.05) is 54.4 Å². The number of likely N-dealkylation sites (N-methyl/N-ethyl adjacent to an activating group) is 1. The van der Waals surface area contributed by atoms with Crippen molar-refractivity contribution in [2.45, 2.75) is 19.5 Å². The molecule has 1 unspecified atom stereocenters. The smallest absolute Gasteiger partial charge is 0.249 e. The SMILES string of the molecule is CCN(CC(=O)N1CCn2cccc2C1c1ccccc1OC)C(=O)COC. The van der Waals surface area contributed by atoms with Crippen molar-refractivity contribution in [3.05, 3.63) is 53.9 Å². The van der Waals surface area contributed by atoms with E-state index in [0.717, 1.165) is 23.6 Å². The summed E-state index contributed by atoms with van der Waals surface area (Å²) in [6, 6.07) is 11.5. The molecule has 1 aromatic carbocycles. The van der Waals surface area contributed by atoms with Crippen LogP contribution in [0.1, 0.15) is 24.2 Å². The van der Waals surface area contributed by atoms with Crippen LogP contribution in [0.15, 0.2) is 42.6 Å². The maximum Gasteiger partial charge on any atom is 0.249 e. The van der Waals surface area contributed by atoms with E-state index in [-0.39, 0.29) is 31.0 Å². The Balaban J connectivity index is 1.92. The third kappa shape index (κ3) is 3.89. The van der Waals surface area contributed by atoms with Crippen molar-refractivity contribution in [3.8, 4) is 5.75 Å². The number of aromatic nitrogens is 1. The first-order valence-electron chi connectivity index (χ1n) is 9.44. The lowest BCUT2D eigenvalue weighted by Gasteiger charge is -2.38. The minimum Gasteiger partial charge on any atom is -0.496 e. The molecule has 0 aliphatic carbocycles. The molecule has 7 heteroatoms. The lowest BCUT2D eigenvalue weighted by molar-refractivity contribution is -0.143. The third-order valence-corrected chi connectivity index (χ3v) is 5.12. The molecule has 1 atom stereocenters. The van der Waals surface area contributed by atoms with Crippen molar-refractivity contribution in [1.29, 1.82) is 0 Å². The number of benzene rings is 1. The molecular weight excluding hydrogens is 358 g/mol. The molecule has 1 aliphatic heterocycles. The molecule has 0 saturated heterocycles. The summed E-state index contributed by atoms with van der Waals surface area (Å²) in [5.74, 6) is 0.463. The highest BCUT2D eigenvalue weighted by Crippen LogP contribution is 2.37. The maximum atomic E-state index is 13.2. The van der Waals surface area contributed by atoms with E-state index in [2.05, 4.69) is 4.57 Å². The van der Waals surface area contributed by atoms with Crippen LogP contribution in [-0.4, -0.2) is 66.6 Å². The van der Waals surface area contributed by atoms with Gasteiger partial charge in [0.2, 0.25) is 11.8 Å². The van der Waals surface area contributed by atoms with Crippen LogP contribution in [0.3, 0.4) is 0 Å². The third-order valence-electron chi connectivity index (χ3n) is 5.12. The number of para-hydroxylation sites is 1. The monoisotopic (exact) mass is 385 g/mol. The van der Waals surface area contributed by atoms with Crippen molar-refractivity contribution >= 4 is 11.8 Å². The molecule has 0 radical (unpaired) electrons. The molecule has 3 rings (SSSR count). The number of hydrogen-bond acceptors (Lipinski definition) is 4. The second kappa shape index (κ2) is 8.93. The Labute approximate surface area is 165 Å². The summed E-state index contributed by atoms with van der Waals surface area (Å²) in [4.78, 5) is 28.8. The van der Waals surface area contributed by atoms with E-state index in [9.17, 15) is 9.59 Å². The van der Waals surface area contributed by atoms with Gasteiger partial charge in [-0.3, -0.25) is 9.59 Å². The van der Waals surface area contributed by atoms with Crippen LogP contribution in [0, 0.1) is 0 Å². The molecule has 0 spiro atoms. The van der Waals surface area contributed by atoms with Crippen LogP contribution in [0.25, 0.3) is 0 Å². The van der Waals surface area contributed by atoms with Crippen LogP contribution in [-0.2, 0) is 20.9 Å². The molecule has 2 amide bonds. The highest BCUT2D eigenvalue weighted by molar-refractivity contribution is 5.86. The maximum absolute atomic E-state index is 13.2. The van der Waals surface area contributed by atoms with Gasteiger partial charge in [0.25, 0.3) is 0 Å². The molecule has 28 heavy (non-hydrogen) atoms. The molecule has 1 aliphatic rings. The molecule has 1 aromatic heterocycles. The molecule has 0 fully saturated rings. The van der Waals surface area contributed by atoms with Gasteiger partial charge in [-0.25, -0.2) is 0 Å². The number of hydrogen-bond donors (Lipinski definition) is 0. The number of carbonyl (C=O) groups is 2. The summed E-state index contributed by atoms with van der Waals surface area (Å²) in [7, 11) is 3.11. The summed E-state index contributed by atoms with van der Waals surface area (Å²) < 4.78 is 12.7. The van der Waals surface area contributed by atoms with E-state index in [4.69, 9.17) is 9.47 Å². The Morgan fingerprint density at radius 3 is 2.64 bits per heavy atom. The molecule has 150 valence electrons. The fourth-order valence-electron chi connectivity index (χ4n) is 3.72. The molecule has 2 heterocycles. The number of rotatable bonds is 7. The number of methoxy groups -OCH3 is 2. The minimum absolute atomic E-state index is 0.0279. The second-order valence-electron chi connectivity index (χ2n) is 6.70. The van der Waals surface area contributed by atoms with Crippen LogP contribution in [0.4, 0.5) is 0 Å². The van der Waals surface area contributed by atoms with Gasteiger partial charge in [0.1, 0.15) is 18.4 Å². The average molecular weight is 385 g/mol. The van der Waals surface area contributed by atoms with Gasteiger partial charge in [0, 0.05) is 44.2 Å². The number of ether oxygens (including phenoxy) is 2. The van der Waals surface area contributed by atoms with Gasteiger partial charge in [-0.05, 0) is 25.1 Å². The van der Waals surface area contributed by atoms with Gasteiger partial charge in [0.15, 0.2) is 0 Å². The zero-order valence-electron chi connectivity index (χ0n) is 16.6. The predicted molar refractivity (Wildman–Crippen MR) is 105 cm³/mol. The highest BCUT2D eigenvalue weighted by Gasteiger charge is 2.34. The molecule has 2 aromatic rings. The minimum atomic E-state index is -0.261. The van der Waals surface area contributed by atoms with Crippen molar-refractivity contribution in [2.75, 3.05) is 40.5 Å². The zero-order chi connectivity index (χ0) is 20.1. The van der Waals surface area contributed by atoms with E-state index in [0.29, 0.717) is 13.1 Å². The fourth-order valence-corrected chi connectivity index (χ4v) is 3.72. The van der Waals surface area contributed by atoms with E-state index in [1.165, 1.54) is 12.0 Å². The number of carbonyl (C=O) groups excluding carboxylic acids is 2. The van der Waals surface area contributed by atoms with Crippen LogP contribution >= 0.6 is 0 Å². The summed E-state index contributed by atoms with van der Waals surface area (Å²) in [6.07, 6.45) is 2.03. The highest BCUT2D eigenvalue weighted by atomic mass is 16.5. The molecular formula is C21H27N3O4. The zero-order valence-corrected chi connectivity index (χ0v) is 16.6. The molecule has 0 saturated carbocycles. The van der Waals surface area contributed by atoms with Gasteiger partial charge >= 0.3 is 0 Å². The lowest BCUT2D eigenvalue weighted by Crippen LogP contribution is -2.48. The van der Waals surface area contributed by atoms with Crippen LogP contribution < -0.4 is 4.74 Å². The summed E-state index contributed by atoms with van der Waals surface area (Å²) >= 11 is 0. The molecule has 0 bridgehead atoms. The Morgan fingerprint density at radius 1 is 1.14 bits per heavy atom. The predicted octanol–water partition coefficient (Wildman–Crippen LogP) is 1.92. The summed E-state index contributed by atoms with van der Waals surface area (Å²) in [6.45, 7) is 3.61. The number of fused-ring (bicyclic) bond motifs is 1. The Hall–Kier alpha value is -2.80. The number of amides is 2. The Kier molecular flexibility index (Phi) is 6.36. The normalized spacial score (nSPS) is 15.8. The van der Waals surface area contributed by atoms with E-state index < -0.39 is 0 Å². The first-order chi connectivity index (χ1) is 13.6. The lowest BCUT2D eigenvalue weighted by atomic mass is 9.98. The van der Waals surface area contributed by atoms with Crippen LogP contribution in [0.2, 0.25) is 0 Å². The topological polar surface area (TPSA) is 64.0 Å². The standard InChI is InChI=1S/C21H27N3O4/c1-4-22(20(26)15-27-2)14-19(25)24-13-12-23-11-7-9-17(23)21(24)16-8-5-6-10-18(16)28-3/h5-11,21H,4,12-15H2,1-3H3. The Bertz CT molecular complexity index is 833. The van der Waals surface area contributed by atoms with E-state index >= 15 is 0 Å². The molecule has 0 N–H and O–H groups in total. The van der Waals surface area contributed by atoms with Crippen LogP contribution in [0.5, 0.6) is 5.75 Å². The van der Waals surface area contributed by atoms with Gasteiger partial charge in [-0.1, -0.05) is 18.2 Å². The first-order valence-corrected chi connectivity index (χ1v) is 9.44. The van der Waals surface area contributed by atoms with Gasteiger partial charge in [-0.2, -0.15) is 0 Å². The quantitative estimate of drug-likeness (QED) is 0.731. The average Bonchev–Trinajstić information content (AvgIpc) is 3.20. The van der Waals surface area contributed by atoms with Crippen molar-refractivity contribution in [1.82, 2.24) is 14.4 Å². The number of nitrogens with zero attached hydrogens (tertiary/aromatic N) is 3. The van der Waals surface area contributed by atoms with Crippen molar-refractivity contribution in [2.24, 2.45) is 0 Å². The van der Waals surface area contributed by atoms with Gasteiger partial charge in [0.05, 0.1) is 13.7 Å². The first kappa shape index (κ1) is 19.9. The second-order valence-corrected chi connectivity index (χ2v) is 6.70. The molecule has 7 nitrogen and oxygen atoms in total. The fraction of sp³-hybridized carbons (Fsp3) is 0.429. The van der Waals surface area contributed by atoms with E-state index in [1.54, 1.807) is 7.11 Å². The Morgan fingerprint density at radius 2 is 1.93 bits per heavy atom. The van der Waals surface area contributed by atoms with Crippen molar-refractivity contribution in [3.63, 3.8) is 0 Å². The van der Waals surface area contributed by atoms with Crippen molar-refractivity contribution < 1.29 is 19.1 Å². The largest absolute Gasteiger partial charge is 0.496 e. The van der Waals surface area contributed by atoms with Gasteiger partial charge in [-0.15, -0.1) is 0 Å². The summed E-state index contributed by atoms with van der Waals surface area (Å²) in [5, 5.41) is 0.